The Labute approximate surface area is 167 Å². The molecule has 3 N–H and O–H groups in total. The van der Waals surface area contributed by atoms with Crippen LogP contribution in [0.25, 0.3) is 0 Å². The van der Waals surface area contributed by atoms with Crippen molar-refractivity contribution in [2.45, 2.75) is 37.6 Å². The standard InChI is InChI=1S/C17H22ClN3O6S/c1-5-9(6-2)19-13-14(17(24)16(13)23)20-12-10(18)7-8-11(15(12)22)28(25,26)21(3)27-4/h7-9,19-20,22H,5-6H2,1-4H3. The van der Waals surface area contributed by atoms with Crippen molar-refractivity contribution in [1.82, 2.24) is 4.47 Å². The normalized spacial score (nSPS) is 12.1. The van der Waals surface area contributed by atoms with Crippen LogP contribution < -0.4 is 21.5 Å². The Hall–Kier alpha value is -2.14. The second kappa shape index (κ2) is 8.48. The van der Waals surface area contributed by atoms with Crippen molar-refractivity contribution < 1.29 is 18.4 Å². The van der Waals surface area contributed by atoms with E-state index in [1.165, 1.54) is 6.07 Å². The van der Waals surface area contributed by atoms with Gasteiger partial charge in [0.05, 0.1) is 12.1 Å². The lowest BCUT2D eigenvalue weighted by Crippen LogP contribution is -2.38. The van der Waals surface area contributed by atoms with E-state index in [-0.39, 0.29) is 28.1 Å². The molecule has 0 spiro atoms. The van der Waals surface area contributed by atoms with Crippen LogP contribution in [0.4, 0.5) is 17.1 Å². The quantitative estimate of drug-likeness (QED) is 0.313. The molecular weight excluding hydrogens is 410 g/mol. The van der Waals surface area contributed by atoms with Crippen LogP contribution in [0.2, 0.25) is 5.02 Å². The summed E-state index contributed by atoms with van der Waals surface area (Å²) < 4.78 is 25.5. The van der Waals surface area contributed by atoms with Crippen LogP contribution in [0.1, 0.15) is 26.7 Å². The number of hydrogen-bond donors (Lipinski definition) is 3. The fourth-order valence-electron chi connectivity index (χ4n) is 2.58. The Kier molecular flexibility index (Phi) is 6.71. The zero-order valence-electron chi connectivity index (χ0n) is 15.9. The molecule has 2 rings (SSSR count). The van der Waals surface area contributed by atoms with Crippen molar-refractivity contribution in [3.05, 3.63) is 37.6 Å². The maximum atomic E-state index is 12.4. The molecule has 0 aromatic heterocycles. The first-order valence-electron chi connectivity index (χ1n) is 8.51. The van der Waals surface area contributed by atoms with Crippen LogP contribution in [0.3, 0.4) is 0 Å². The van der Waals surface area contributed by atoms with Crippen LogP contribution in [-0.4, -0.2) is 38.2 Å². The van der Waals surface area contributed by atoms with Gasteiger partial charge in [0.15, 0.2) is 5.75 Å². The molecule has 11 heteroatoms. The fraction of sp³-hybridized carbons (Fsp3) is 0.412. The number of anilines is 3. The molecule has 28 heavy (non-hydrogen) atoms. The molecule has 0 aliphatic carbocycles. The summed E-state index contributed by atoms with van der Waals surface area (Å²) in [7, 11) is -1.86. The van der Waals surface area contributed by atoms with Crippen molar-refractivity contribution in [1.29, 1.82) is 0 Å². The molecule has 0 aliphatic heterocycles. The first kappa shape index (κ1) is 22.2. The van der Waals surface area contributed by atoms with E-state index in [4.69, 9.17) is 11.6 Å². The van der Waals surface area contributed by atoms with E-state index >= 15 is 0 Å². The van der Waals surface area contributed by atoms with E-state index < -0.39 is 31.5 Å². The summed E-state index contributed by atoms with van der Waals surface area (Å²) in [4.78, 5) is 28.2. The monoisotopic (exact) mass is 431 g/mol. The number of nitrogens with one attached hydrogen (secondary N) is 2. The molecule has 154 valence electrons. The minimum Gasteiger partial charge on any atom is -0.504 e. The first-order chi connectivity index (χ1) is 13.1. The highest BCUT2D eigenvalue weighted by atomic mass is 35.5. The Morgan fingerprint density at radius 1 is 1.14 bits per heavy atom. The predicted molar refractivity (Wildman–Crippen MR) is 108 cm³/mol. The highest BCUT2D eigenvalue weighted by Crippen LogP contribution is 2.40. The fourth-order valence-corrected chi connectivity index (χ4v) is 3.84. The first-order valence-corrected chi connectivity index (χ1v) is 10.3. The van der Waals surface area contributed by atoms with Crippen LogP contribution in [0, 0.1) is 0 Å². The molecule has 0 heterocycles. The molecule has 0 bridgehead atoms. The molecule has 0 atom stereocenters. The molecule has 0 saturated heterocycles. The van der Waals surface area contributed by atoms with E-state index in [0.717, 1.165) is 33.1 Å². The molecule has 0 amide bonds. The smallest absolute Gasteiger partial charge is 0.268 e. The third kappa shape index (κ3) is 3.86. The Morgan fingerprint density at radius 3 is 2.25 bits per heavy atom. The van der Waals surface area contributed by atoms with E-state index in [1.54, 1.807) is 0 Å². The molecule has 0 saturated carbocycles. The predicted octanol–water partition coefficient (Wildman–Crippen LogP) is 2.17. The van der Waals surface area contributed by atoms with Crippen molar-refractivity contribution >= 4 is 38.7 Å². The van der Waals surface area contributed by atoms with Crippen molar-refractivity contribution in [2.75, 3.05) is 24.8 Å². The Morgan fingerprint density at radius 2 is 1.71 bits per heavy atom. The average molecular weight is 432 g/mol. The van der Waals surface area contributed by atoms with Gasteiger partial charge < -0.3 is 15.7 Å². The molecule has 2 aromatic carbocycles. The topological polar surface area (TPSA) is 125 Å². The van der Waals surface area contributed by atoms with Gasteiger partial charge in [-0.15, -0.1) is 0 Å². The van der Waals surface area contributed by atoms with Gasteiger partial charge in [0.25, 0.3) is 20.9 Å². The van der Waals surface area contributed by atoms with Gasteiger partial charge in [0.2, 0.25) is 0 Å². The average Bonchev–Trinajstić information content (AvgIpc) is 2.68. The largest absolute Gasteiger partial charge is 0.504 e. The number of benzene rings is 1. The lowest BCUT2D eigenvalue weighted by Gasteiger charge is -2.22. The van der Waals surface area contributed by atoms with E-state index in [9.17, 15) is 23.1 Å². The van der Waals surface area contributed by atoms with Crippen LogP contribution in [-0.2, 0) is 14.9 Å². The van der Waals surface area contributed by atoms with Gasteiger partial charge in [-0.3, -0.25) is 14.4 Å². The van der Waals surface area contributed by atoms with Gasteiger partial charge in [-0.25, -0.2) is 8.42 Å². The lowest BCUT2D eigenvalue weighted by molar-refractivity contribution is -0.0259. The van der Waals surface area contributed by atoms with Crippen molar-refractivity contribution in [2.24, 2.45) is 0 Å². The zero-order valence-corrected chi connectivity index (χ0v) is 17.4. The highest BCUT2D eigenvalue weighted by molar-refractivity contribution is 7.89. The van der Waals surface area contributed by atoms with E-state index in [2.05, 4.69) is 15.5 Å². The van der Waals surface area contributed by atoms with Gasteiger partial charge >= 0.3 is 0 Å². The van der Waals surface area contributed by atoms with Crippen LogP contribution >= 0.6 is 11.6 Å². The molecular formula is C17H22ClN3O6S. The molecule has 0 fully saturated rings. The summed E-state index contributed by atoms with van der Waals surface area (Å²) in [6.07, 6.45) is 1.47. The number of sulfonamides is 1. The third-order valence-corrected chi connectivity index (χ3v) is 6.48. The number of halogens is 1. The molecule has 9 nitrogen and oxygen atoms in total. The maximum Gasteiger partial charge on any atom is 0.268 e. The highest BCUT2D eigenvalue weighted by Gasteiger charge is 2.29. The van der Waals surface area contributed by atoms with E-state index in [1.807, 2.05) is 13.8 Å². The number of phenols is 1. The Bertz CT molecular complexity index is 1040. The second-order valence-electron chi connectivity index (χ2n) is 6.06. The van der Waals surface area contributed by atoms with Crippen molar-refractivity contribution in [3.63, 3.8) is 0 Å². The molecule has 0 unspecified atom stereocenters. The van der Waals surface area contributed by atoms with Gasteiger partial charge in [-0.05, 0) is 25.0 Å². The SMILES string of the molecule is CCC(CC)Nc1c(Nc2c(Cl)ccc(S(=O)(=O)N(C)OC)c2O)c(=O)c1=O. The van der Waals surface area contributed by atoms with E-state index in [0.29, 0.717) is 4.47 Å². The summed E-state index contributed by atoms with van der Waals surface area (Å²) in [5, 5.41) is 16.1. The number of hydroxylamine groups is 1. The number of hydrogen-bond acceptors (Lipinski definition) is 8. The molecule has 0 aliphatic rings. The van der Waals surface area contributed by atoms with Gasteiger partial charge in [0, 0.05) is 13.1 Å². The summed E-state index contributed by atoms with van der Waals surface area (Å²) in [5.74, 6) is -0.696. The number of nitrogens with zero attached hydrogens (tertiary/aromatic N) is 1. The summed E-state index contributed by atoms with van der Waals surface area (Å²) in [6.45, 7) is 3.87. The summed E-state index contributed by atoms with van der Waals surface area (Å²) >= 11 is 6.08. The zero-order chi connectivity index (χ0) is 21.2. The van der Waals surface area contributed by atoms with Crippen LogP contribution in [0.5, 0.6) is 5.75 Å². The van der Waals surface area contributed by atoms with Gasteiger partial charge in [0.1, 0.15) is 22.0 Å². The number of rotatable bonds is 9. The maximum absolute atomic E-state index is 12.4. The minimum atomic E-state index is -4.17. The second-order valence-corrected chi connectivity index (χ2v) is 8.37. The van der Waals surface area contributed by atoms with Gasteiger partial charge in [-0.1, -0.05) is 29.9 Å². The number of phenolic OH excluding ortho intramolecular Hbond substituents is 1. The van der Waals surface area contributed by atoms with Gasteiger partial charge in [-0.2, -0.15) is 0 Å². The summed E-state index contributed by atoms with van der Waals surface area (Å²) in [6, 6.07) is 2.34. The lowest BCUT2D eigenvalue weighted by atomic mass is 10.1. The summed E-state index contributed by atoms with van der Waals surface area (Å²) in [5.41, 5.74) is -1.67. The molecule has 2 aromatic rings. The van der Waals surface area contributed by atoms with Crippen molar-refractivity contribution in [3.8, 4) is 5.75 Å². The minimum absolute atomic E-state index is 0.0185. The van der Waals surface area contributed by atoms with Crippen LogP contribution in [0.15, 0.2) is 26.6 Å². The number of aromatic hydroxyl groups is 1. The third-order valence-electron chi connectivity index (χ3n) is 4.46. The molecule has 0 radical (unpaired) electrons. The Balaban J connectivity index is 2.50.